The Hall–Kier alpha value is -5.19. The first-order valence-corrected chi connectivity index (χ1v) is 14.5. The predicted molar refractivity (Wildman–Crippen MR) is 159 cm³/mol. The van der Waals surface area contributed by atoms with Crippen LogP contribution in [0.3, 0.4) is 0 Å². The summed E-state index contributed by atoms with van der Waals surface area (Å²) in [7, 11) is -4.19. The number of alkyl carbamates (subject to hydrolysis) is 1. The maximum atomic E-state index is 14.4. The van der Waals surface area contributed by atoms with Gasteiger partial charge in [-0.25, -0.2) is 14.2 Å². The molecule has 0 saturated carbocycles. The van der Waals surface area contributed by atoms with Gasteiger partial charge in [0, 0.05) is 18.7 Å². The molecule has 12 nitrogen and oxygen atoms in total. The van der Waals surface area contributed by atoms with Crippen LogP contribution < -0.4 is 25.4 Å². The lowest BCUT2D eigenvalue weighted by atomic mass is 10.1. The molecule has 3 aromatic carbocycles. The number of alkyl halides is 3. The van der Waals surface area contributed by atoms with E-state index in [1.54, 1.807) is 84.9 Å². The van der Waals surface area contributed by atoms with E-state index in [0.29, 0.717) is 11.3 Å². The summed E-state index contributed by atoms with van der Waals surface area (Å²) in [4.78, 5) is 21.6. The molecule has 6 N–H and O–H groups in total. The SMILES string of the molecule is C#CCOCCNC(=O)OC(Cc1ccc(NC(=N)N)cc1)P(=O)(Oc1ccccc1)Oc1ccccc1.O=C(O)C(F)(F)F. The summed E-state index contributed by atoms with van der Waals surface area (Å²) in [5, 5.41) is 19.7. The van der Waals surface area contributed by atoms with Crippen molar-refractivity contribution in [2.75, 3.05) is 25.1 Å². The van der Waals surface area contributed by atoms with Gasteiger partial charge in [0.25, 0.3) is 0 Å². The van der Waals surface area contributed by atoms with Gasteiger partial charge in [-0.3, -0.25) is 5.41 Å². The first-order valence-electron chi connectivity index (χ1n) is 12.9. The number of rotatable bonds is 13. The van der Waals surface area contributed by atoms with Gasteiger partial charge < -0.3 is 40.0 Å². The molecule has 45 heavy (non-hydrogen) atoms. The van der Waals surface area contributed by atoms with Gasteiger partial charge >= 0.3 is 25.8 Å². The number of amides is 1. The van der Waals surface area contributed by atoms with Gasteiger partial charge in [0.1, 0.15) is 18.1 Å². The Kier molecular flexibility index (Phi) is 14.3. The molecule has 0 heterocycles. The number of carbonyl (C=O) groups excluding carboxylic acids is 1. The lowest BCUT2D eigenvalue weighted by Crippen LogP contribution is -2.34. The van der Waals surface area contributed by atoms with E-state index in [4.69, 9.17) is 46.0 Å². The highest BCUT2D eigenvalue weighted by molar-refractivity contribution is 7.55. The third-order valence-corrected chi connectivity index (χ3v) is 7.06. The minimum Gasteiger partial charge on any atom is -0.475 e. The number of benzene rings is 3. The number of nitrogens with two attached hydrogens (primary N) is 1. The molecule has 0 spiro atoms. The van der Waals surface area contributed by atoms with E-state index in [9.17, 15) is 22.5 Å². The fourth-order valence-electron chi connectivity index (χ4n) is 3.21. The number of carbonyl (C=O) groups is 2. The van der Waals surface area contributed by atoms with E-state index >= 15 is 0 Å². The lowest BCUT2D eigenvalue weighted by Gasteiger charge is -2.27. The van der Waals surface area contributed by atoms with Gasteiger partial charge in [0.15, 0.2) is 5.96 Å². The second kappa shape index (κ2) is 17.8. The number of guanidine groups is 1. The first-order chi connectivity index (χ1) is 21.3. The highest BCUT2D eigenvalue weighted by atomic mass is 31.2. The van der Waals surface area contributed by atoms with Crippen molar-refractivity contribution in [3.63, 3.8) is 0 Å². The van der Waals surface area contributed by atoms with Crippen LogP contribution in [0, 0.1) is 17.8 Å². The van der Waals surface area contributed by atoms with Crippen molar-refractivity contribution in [3.8, 4) is 23.8 Å². The standard InChI is InChI=1S/C27H29N4O6P.C2HF3O2/c1-2-18-34-19-17-30-27(32)35-25(20-21-13-15-22(16-14-21)31-26(28)29)38(33,36-23-9-5-3-6-10-23)37-24-11-7-4-8-12-24;3-2(4,5)1(6)7/h1,3-16,25H,17-20H2,(H,30,32)(H4,28,29,31);(H,6,7). The number of nitrogens with one attached hydrogen (secondary N) is 3. The fourth-order valence-corrected chi connectivity index (χ4v) is 4.98. The van der Waals surface area contributed by atoms with Gasteiger partial charge in [-0.1, -0.05) is 54.5 Å². The number of hydrogen-bond acceptors (Lipinski definition) is 8. The number of halogens is 3. The number of aliphatic carboxylic acids is 1. The van der Waals surface area contributed by atoms with Crippen molar-refractivity contribution in [3.05, 3.63) is 90.5 Å². The highest BCUT2D eigenvalue weighted by Gasteiger charge is 2.43. The molecule has 0 radical (unpaired) electrons. The van der Waals surface area contributed by atoms with Crippen LogP contribution in [-0.2, 0) is 25.3 Å². The summed E-state index contributed by atoms with van der Waals surface area (Å²) in [6.45, 7) is 0.411. The zero-order valence-electron chi connectivity index (χ0n) is 23.5. The number of terminal acetylenes is 1. The summed E-state index contributed by atoms with van der Waals surface area (Å²) in [6.07, 6.45) is -0.765. The second-order valence-corrected chi connectivity index (χ2v) is 10.7. The van der Waals surface area contributed by atoms with Crippen LogP contribution in [0.15, 0.2) is 84.9 Å². The molecular formula is C29H30F3N4O8P. The Labute approximate surface area is 256 Å². The number of carboxylic acids is 1. The third kappa shape index (κ3) is 13.8. The zero-order valence-corrected chi connectivity index (χ0v) is 24.4. The van der Waals surface area contributed by atoms with Crippen LogP contribution in [-0.4, -0.2) is 54.9 Å². The van der Waals surface area contributed by atoms with Crippen molar-refractivity contribution in [2.45, 2.75) is 18.4 Å². The Morgan fingerprint density at radius 2 is 1.49 bits per heavy atom. The molecule has 16 heteroatoms. The molecule has 3 aromatic rings. The number of para-hydroxylation sites is 2. The van der Waals surface area contributed by atoms with Crippen LogP contribution in [0.4, 0.5) is 23.7 Å². The Bertz CT molecular complexity index is 1430. The second-order valence-electron chi connectivity index (χ2n) is 8.63. The number of anilines is 1. The number of hydrogen-bond donors (Lipinski definition) is 5. The Morgan fingerprint density at radius 1 is 0.978 bits per heavy atom. The molecule has 1 atom stereocenters. The summed E-state index contributed by atoms with van der Waals surface area (Å²) in [6, 6.07) is 23.8. The monoisotopic (exact) mass is 650 g/mol. The number of ether oxygens (including phenoxy) is 2. The molecule has 0 aliphatic heterocycles. The molecule has 3 rings (SSSR count). The van der Waals surface area contributed by atoms with Crippen molar-refractivity contribution in [1.82, 2.24) is 5.32 Å². The topological polar surface area (TPSA) is 182 Å². The summed E-state index contributed by atoms with van der Waals surface area (Å²) < 4.78 is 68.7. The van der Waals surface area contributed by atoms with Crippen LogP contribution in [0.25, 0.3) is 0 Å². The van der Waals surface area contributed by atoms with Crippen molar-refractivity contribution < 1.29 is 51.0 Å². The molecule has 0 fully saturated rings. The molecule has 0 aliphatic rings. The van der Waals surface area contributed by atoms with E-state index in [0.717, 1.165) is 0 Å². The summed E-state index contributed by atoms with van der Waals surface area (Å²) in [5.41, 5.74) is 6.65. The van der Waals surface area contributed by atoms with E-state index in [1.807, 2.05) is 0 Å². The average Bonchev–Trinajstić information content (AvgIpc) is 2.98. The van der Waals surface area contributed by atoms with E-state index < -0.39 is 31.7 Å². The zero-order chi connectivity index (χ0) is 33.3. The molecule has 0 aliphatic carbocycles. The molecule has 1 amide bonds. The summed E-state index contributed by atoms with van der Waals surface area (Å²) >= 11 is 0. The maximum absolute atomic E-state index is 14.4. The molecule has 240 valence electrons. The maximum Gasteiger partial charge on any atom is 0.490 e. The van der Waals surface area contributed by atoms with Crippen LogP contribution in [0.2, 0.25) is 0 Å². The first kappa shape index (κ1) is 36.0. The third-order valence-electron chi connectivity index (χ3n) is 5.13. The lowest BCUT2D eigenvalue weighted by molar-refractivity contribution is -0.192. The normalized spacial score (nSPS) is 11.4. The van der Waals surface area contributed by atoms with E-state index in [1.165, 1.54) is 0 Å². The van der Waals surface area contributed by atoms with E-state index in [2.05, 4.69) is 16.6 Å². The minimum atomic E-state index is -5.08. The molecule has 0 saturated heterocycles. The quantitative estimate of drug-likeness (QED) is 0.0541. The highest BCUT2D eigenvalue weighted by Crippen LogP contribution is 2.54. The van der Waals surface area contributed by atoms with Gasteiger partial charge in [0.2, 0.25) is 5.85 Å². The van der Waals surface area contributed by atoms with Crippen LogP contribution in [0.1, 0.15) is 5.56 Å². The Balaban J connectivity index is 0.000000900. The van der Waals surface area contributed by atoms with Gasteiger partial charge in [-0.15, -0.1) is 6.42 Å². The largest absolute Gasteiger partial charge is 0.490 e. The van der Waals surface area contributed by atoms with Crippen molar-refractivity contribution in [2.24, 2.45) is 5.73 Å². The average molecular weight is 651 g/mol. The van der Waals surface area contributed by atoms with Crippen LogP contribution in [0.5, 0.6) is 11.5 Å². The van der Waals surface area contributed by atoms with Crippen LogP contribution >= 0.6 is 7.60 Å². The molecule has 0 aromatic heterocycles. The molecule has 1 unspecified atom stereocenters. The summed E-state index contributed by atoms with van der Waals surface area (Å²) in [5.74, 6) is -1.40. The molecular weight excluding hydrogens is 620 g/mol. The van der Waals surface area contributed by atoms with Crippen molar-refractivity contribution in [1.29, 1.82) is 5.41 Å². The minimum absolute atomic E-state index is 0.00168. The van der Waals surface area contributed by atoms with Gasteiger partial charge in [0.05, 0.1) is 6.61 Å². The van der Waals surface area contributed by atoms with Gasteiger partial charge in [-0.05, 0) is 42.0 Å². The molecule has 0 bridgehead atoms. The predicted octanol–water partition coefficient (Wildman–Crippen LogP) is 5.22. The smallest absolute Gasteiger partial charge is 0.475 e. The van der Waals surface area contributed by atoms with Crippen molar-refractivity contribution >= 4 is 31.3 Å². The van der Waals surface area contributed by atoms with E-state index in [-0.39, 0.29) is 43.6 Å². The number of carboxylic acid groups (broad SMARTS) is 1. The fraction of sp³-hybridized carbons (Fsp3) is 0.207. The van der Waals surface area contributed by atoms with Gasteiger partial charge in [-0.2, -0.15) is 13.2 Å². The Morgan fingerprint density at radius 3 is 1.93 bits per heavy atom.